The van der Waals surface area contributed by atoms with E-state index in [1.165, 1.54) is 19.2 Å². The molecule has 0 saturated carbocycles. The smallest absolute Gasteiger partial charge is 0.172 e. The highest BCUT2D eigenvalue weighted by Gasteiger charge is 2.13. The Labute approximate surface area is 81.0 Å². The minimum atomic E-state index is -0.631. The van der Waals surface area contributed by atoms with Crippen LogP contribution in [0.25, 0.3) is 0 Å². The van der Waals surface area contributed by atoms with Gasteiger partial charge in [-0.1, -0.05) is 6.07 Å². The van der Waals surface area contributed by atoms with Crippen molar-refractivity contribution in [3.63, 3.8) is 0 Å². The molecule has 1 aromatic rings. The summed E-state index contributed by atoms with van der Waals surface area (Å²) in [6, 6.07) is 6.50. The number of nitrogens with zero attached hydrogens (tertiary/aromatic N) is 2. The molecule has 0 amide bonds. The quantitative estimate of drug-likeness (QED) is 0.714. The molecule has 0 spiro atoms. The van der Waals surface area contributed by atoms with Crippen LogP contribution in [0, 0.1) is 28.5 Å². The van der Waals surface area contributed by atoms with E-state index in [4.69, 9.17) is 15.3 Å². The SMILES string of the molecule is COc1c(C#N)ccc(CC#N)c1F. The summed E-state index contributed by atoms with van der Waals surface area (Å²) in [5.41, 5.74) is 0.370. The molecule has 0 saturated heterocycles. The van der Waals surface area contributed by atoms with E-state index in [1.54, 1.807) is 0 Å². The van der Waals surface area contributed by atoms with Gasteiger partial charge in [-0.05, 0) is 6.07 Å². The van der Waals surface area contributed by atoms with Crippen molar-refractivity contribution in [2.75, 3.05) is 7.11 Å². The first kappa shape index (κ1) is 10.0. The summed E-state index contributed by atoms with van der Waals surface area (Å²) in [4.78, 5) is 0. The van der Waals surface area contributed by atoms with E-state index in [-0.39, 0.29) is 23.3 Å². The van der Waals surface area contributed by atoms with Crippen molar-refractivity contribution in [1.82, 2.24) is 0 Å². The molecule has 0 aliphatic carbocycles. The molecule has 1 rings (SSSR count). The third-order valence-electron chi connectivity index (χ3n) is 1.77. The summed E-state index contributed by atoms with van der Waals surface area (Å²) in [6.07, 6.45) is -0.0338. The Morgan fingerprint density at radius 3 is 2.64 bits per heavy atom. The van der Waals surface area contributed by atoms with Crippen LogP contribution in [0.15, 0.2) is 12.1 Å². The van der Waals surface area contributed by atoms with Crippen LogP contribution in [0.3, 0.4) is 0 Å². The Bertz CT molecular complexity index is 429. The summed E-state index contributed by atoms with van der Waals surface area (Å²) >= 11 is 0. The van der Waals surface area contributed by atoms with Gasteiger partial charge < -0.3 is 4.74 Å². The Morgan fingerprint density at radius 2 is 2.14 bits per heavy atom. The fraction of sp³-hybridized carbons (Fsp3) is 0.200. The van der Waals surface area contributed by atoms with E-state index in [0.717, 1.165) is 0 Å². The summed E-state index contributed by atoms with van der Waals surface area (Å²) < 4.78 is 18.2. The lowest BCUT2D eigenvalue weighted by atomic mass is 10.1. The lowest BCUT2D eigenvalue weighted by Crippen LogP contribution is -1.97. The summed E-state index contributed by atoms with van der Waals surface area (Å²) in [5.74, 6) is -0.728. The average Bonchev–Trinajstić information content (AvgIpc) is 2.21. The predicted octanol–water partition coefficient (Wildman–Crippen LogP) is 1.77. The van der Waals surface area contributed by atoms with E-state index in [1.807, 2.05) is 12.1 Å². The molecule has 0 fully saturated rings. The van der Waals surface area contributed by atoms with Crippen LogP contribution in [0.5, 0.6) is 5.75 Å². The van der Waals surface area contributed by atoms with E-state index >= 15 is 0 Å². The molecule has 4 heteroatoms. The van der Waals surface area contributed by atoms with E-state index < -0.39 is 5.82 Å². The van der Waals surface area contributed by atoms with Gasteiger partial charge in [-0.15, -0.1) is 0 Å². The first-order valence-corrected chi connectivity index (χ1v) is 3.87. The molecular weight excluding hydrogens is 183 g/mol. The van der Waals surface area contributed by atoms with E-state index in [9.17, 15) is 4.39 Å². The summed E-state index contributed by atoms with van der Waals surface area (Å²) in [6.45, 7) is 0. The molecule has 0 N–H and O–H groups in total. The summed E-state index contributed by atoms with van der Waals surface area (Å²) in [7, 11) is 1.29. The first-order chi connectivity index (χ1) is 6.74. The van der Waals surface area contributed by atoms with Crippen LogP contribution < -0.4 is 4.74 Å². The van der Waals surface area contributed by atoms with Crippen molar-refractivity contribution in [3.8, 4) is 17.9 Å². The average molecular weight is 190 g/mol. The number of nitriles is 2. The van der Waals surface area contributed by atoms with Crippen LogP contribution in [-0.4, -0.2) is 7.11 Å². The maximum atomic E-state index is 13.5. The maximum Gasteiger partial charge on any atom is 0.172 e. The van der Waals surface area contributed by atoms with Gasteiger partial charge in [0.1, 0.15) is 6.07 Å². The Balaban J connectivity index is 3.30. The Kier molecular flexibility index (Phi) is 3.04. The van der Waals surface area contributed by atoms with Crippen LogP contribution in [0.1, 0.15) is 11.1 Å². The highest BCUT2D eigenvalue weighted by atomic mass is 19.1. The molecule has 0 unspecified atom stereocenters. The van der Waals surface area contributed by atoms with Crippen molar-refractivity contribution in [2.24, 2.45) is 0 Å². The largest absolute Gasteiger partial charge is 0.492 e. The van der Waals surface area contributed by atoms with Gasteiger partial charge in [0.15, 0.2) is 11.6 Å². The van der Waals surface area contributed by atoms with Gasteiger partial charge >= 0.3 is 0 Å². The first-order valence-electron chi connectivity index (χ1n) is 3.87. The van der Waals surface area contributed by atoms with E-state index in [2.05, 4.69) is 0 Å². The molecule has 0 aromatic heterocycles. The lowest BCUT2D eigenvalue weighted by molar-refractivity contribution is 0.383. The van der Waals surface area contributed by atoms with Crippen molar-refractivity contribution in [3.05, 3.63) is 29.1 Å². The zero-order chi connectivity index (χ0) is 10.6. The molecule has 0 bridgehead atoms. The van der Waals surface area contributed by atoms with Crippen LogP contribution >= 0.6 is 0 Å². The molecule has 0 aliphatic heterocycles. The van der Waals surface area contributed by atoms with Gasteiger partial charge in [0.25, 0.3) is 0 Å². The standard InChI is InChI=1S/C10H7FN2O/c1-14-10-8(6-13)3-2-7(4-5-12)9(10)11/h2-3H,4H2,1H3. The molecule has 70 valence electrons. The number of ether oxygens (including phenoxy) is 1. The highest BCUT2D eigenvalue weighted by Crippen LogP contribution is 2.25. The Morgan fingerprint density at radius 1 is 1.43 bits per heavy atom. The zero-order valence-corrected chi connectivity index (χ0v) is 7.54. The van der Waals surface area contributed by atoms with Crippen LogP contribution in [0.4, 0.5) is 4.39 Å². The van der Waals surface area contributed by atoms with Crippen LogP contribution in [-0.2, 0) is 6.42 Å². The van der Waals surface area contributed by atoms with Crippen molar-refractivity contribution in [1.29, 1.82) is 10.5 Å². The lowest BCUT2D eigenvalue weighted by Gasteiger charge is -2.06. The number of hydrogen-bond acceptors (Lipinski definition) is 3. The van der Waals surface area contributed by atoms with Gasteiger partial charge in [0.05, 0.1) is 25.2 Å². The summed E-state index contributed by atoms with van der Waals surface area (Å²) in [5, 5.41) is 17.0. The topological polar surface area (TPSA) is 56.8 Å². The number of methoxy groups -OCH3 is 1. The minimum Gasteiger partial charge on any atom is -0.492 e. The third kappa shape index (κ3) is 1.65. The molecular formula is C10H7FN2O. The highest BCUT2D eigenvalue weighted by molar-refractivity contribution is 5.47. The van der Waals surface area contributed by atoms with Gasteiger partial charge in [0.2, 0.25) is 0 Å². The van der Waals surface area contributed by atoms with Crippen molar-refractivity contribution in [2.45, 2.75) is 6.42 Å². The second-order valence-corrected chi connectivity index (χ2v) is 2.57. The van der Waals surface area contributed by atoms with Gasteiger partial charge in [0, 0.05) is 5.56 Å². The number of benzene rings is 1. The normalized spacial score (nSPS) is 8.86. The minimum absolute atomic E-state index is 0.0338. The monoisotopic (exact) mass is 190 g/mol. The second-order valence-electron chi connectivity index (χ2n) is 2.57. The van der Waals surface area contributed by atoms with Gasteiger partial charge in [-0.25, -0.2) is 4.39 Å². The molecule has 3 nitrogen and oxygen atoms in total. The molecule has 0 radical (unpaired) electrons. The fourth-order valence-electron chi connectivity index (χ4n) is 1.11. The third-order valence-corrected chi connectivity index (χ3v) is 1.77. The molecule has 0 atom stereocenters. The second kappa shape index (κ2) is 4.25. The number of rotatable bonds is 2. The van der Waals surface area contributed by atoms with E-state index in [0.29, 0.717) is 0 Å². The fourth-order valence-corrected chi connectivity index (χ4v) is 1.11. The van der Waals surface area contributed by atoms with Gasteiger partial charge in [-0.2, -0.15) is 10.5 Å². The molecule has 1 aromatic carbocycles. The molecule has 0 aliphatic rings. The number of halogens is 1. The van der Waals surface area contributed by atoms with Crippen molar-refractivity contribution >= 4 is 0 Å². The predicted molar refractivity (Wildman–Crippen MR) is 47.0 cm³/mol. The van der Waals surface area contributed by atoms with Crippen molar-refractivity contribution < 1.29 is 9.13 Å². The van der Waals surface area contributed by atoms with Gasteiger partial charge in [-0.3, -0.25) is 0 Å². The zero-order valence-electron chi connectivity index (χ0n) is 7.54. The maximum absolute atomic E-state index is 13.5. The number of hydrogen-bond donors (Lipinski definition) is 0. The Hall–Kier alpha value is -2.07. The molecule has 14 heavy (non-hydrogen) atoms. The molecule has 0 heterocycles. The van der Waals surface area contributed by atoms with Crippen LogP contribution in [0.2, 0.25) is 0 Å².